The van der Waals surface area contributed by atoms with Crippen molar-refractivity contribution in [3.8, 4) is 11.5 Å². The van der Waals surface area contributed by atoms with Gasteiger partial charge in [-0.3, -0.25) is 4.98 Å². The van der Waals surface area contributed by atoms with Gasteiger partial charge in [0.25, 0.3) is 0 Å². The summed E-state index contributed by atoms with van der Waals surface area (Å²) in [6, 6.07) is 7.84. The minimum atomic E-state index is 0.235. The Labute approximate surface area is 122 Å². The van der Waals surface area contributed by atoms with Crippen molar-refractivity contribution in [2.75, 3.05) is 6.79 Å². The molecule has 0 radical (unpaired) electrons. The van der Waals surface area contributed by atoms with Crippen LogP contribution in [0.15, 0.2) is 30.5 Å². The molecule has 1 aromatic heterocycles. The first-order valence-corrected chi connectivity index (χ1v) is 6.81. The van der Waals surface area contributed by atoms with Gasteiger partial charge in [0, 0.05) is 19.3 Å². The third-order valence-corrected chi connectivity index (χ3v) is 3.51. The van der Waals surface area contributed by atoms with Crippen molar-refractivity contribution < 1.29 is 9.47 Å². The Balaban J connectivity index is 1.65. The Kier molecular flexibility index (Phi) is 3.76. The van der Waals surface area contributed by atoms with Gasteiger partial charge in [-0.1, -0.05) is 17.7 Å². The maximum absolute atomic E-state index is 6.15. The van der Waals surface area contributed by atoms with Crippen LogP contribution < -0.4 is 14.8 Å². The molecule has 0 unspecified atom stereocenters. The SMILES string of the molecule is Cc1cccnc1CNCc1cc(Cl)c2c(c1)OCO2. The fourth-order valence-corrected chi connectivity index (χ4v) is 2.44. The first-order valence-electron chi connectivity index (χ1n) is 6.43. The van der Waals surface area contributed by atoms with Crippen LogP contribution in [0.5, 0.6) is 11.5 Å². The standard InChI is InChI=1S/C15H15ClN2O2/c1-10-3-2-4-18-13(10)8-17-7-11-5-12(16)15-14(6-11)19-9-20-15/h2-6,17H,7-9H2,1H3. The second kappa shape index (κ2) is 5.69. The molecule has 1 aliphatic heterocycles. The van der Waals surface area contributed by atoms with Gasteiger partial charge >= 0.3 is 0 Å². The zero-order valence-corrected chi connectivity index (χ0v) is 11.9. The molecule has 0 amide bonds. The average molecular weight is 291 g/mol. The average Bonchev–Trinajstić information content (AvgIpc) is 2.90. The molecule has 0 spiro atoms. The monoisotopic (exact) mass is 290 g/mol. The number of halogens is 1. The summed E-state index contributed by atoms with van der Waals surface area (Å²) in [5, 5.41) is 3.95. The highest BCUT2D eigenvalue weighted by Crippen LogP contribution is 2.39. The second-order valence-electron chi connectivity index (χ2n) is 4.68. The van der Waals surface area contributed by atoms with Crippen LogP contribution >= 0.6 is 11.6 Å². The molecule has 5 heteroatoms. The van der Waals surface area contributed by atoms with Gasteiger partial charge in [0.2, 0.25) is 6.79 Å². The lowest BCUT2D eigenvalue weighted by Gasteiger charge is -2.08. The van der Waals surface area contributed by atoms with Crippen molar-refractivity contribution in [1.29, 1.82) is 0 Å². The van der Waals surface area contributed by atoms with E-state index in [0.717, 1.165) is 17.8 Å². The van der Waals surface area contributed by atoms with Crippen molar-refractivity contribution in [3.63, 3.8) is 0 Å². The van der Waals surface area contributed by atoms with Gasteiger partial charge in [-0.25, -0.2) is 0 Å². The molecule has 4 nitrogen and oxygen atoms in total. The zero-order valence-electron chi connectivity index (χ0n) is 11.1. The predicted molar refractivity (Wildman–Crippen MR) is 77.1 cm³/mol. The Morgan fingerprint density at radius 2 is 2.20 bits per heavy atom. The van der Waals surface area contributed by atoms with Gasteiger partial charge in [0.15, 0.2) is 11.5 Å². The summed E-state index contributed by atoms with van der Waals surface area (Å²) in [5.74, 6) is 1.35. The molecule has 0 saturated heterocycles. The normalized spacial score (nSPS) is 12.7. The lowest BCUT2D eigenvalue weighted by molar-refractivity contribution is 0.174. The Morgan fingerprint density at radius 3 is 3.05 bits per heavy atom. The van der Waals surface area contributed by atoms with Crippen molar-refractivity contribution in [3.05, 3.63) is 52.3 Å². The molecular formula is C15H15ClN2O2. The van der Waals surface area contributed by atoms with Crippen molar-refractivity contribution in [2.24, 2.45) is 0 Å². The van der Waals surface area contributed by atoms with Gasteiger partial charge in [0.05, 0.1) is 10.7 Å². The number of hydrogen-bond donors (Lipinski definition) is 1. The first-order chi connectivity index (χ1) is 9.74. The van der Waals surface area contributed by atoms with E-state index in [9.17, 15) is 0 Å². The van der Waals surface area contributed by atoms with Gasteiger partial charge in [0.1, 0.15) is 0 Å². The van der Waals surface area contributed by atoms with Crippen LogP contribution in [0.2, 0.25) is 5.02 Å². The van der Waals surface area contributed by atoms with Gasteiger partial charge < -0.3 is 14.8 Å². The summed E-state index contributed by atoms with van der Waals surface area (Å²) in [4.78, 5) is 4.35. The van der Waals surface area contributed by atoms with E-state index in [1.165, 1.54) is 5.56 Å². The molecular weight excluding hydrogens is 276 g/mol. The molecule has 20 heavy (non-hydrogen) atoms. The molecule has 2 aromatic rings. The topological polar surface area (TPSA) is 43.4 Å². The van der Waals surface area contributed by atoms with Crippen LogP contribution in [-0.4, -0.2) is 11.8 Å². The fraction of sp³-hybridized carbons (Fsp3) is 0.267. The smallest absolute Gasteiger partial charge is 0.231 e. The number of fused-ring (bicyclic) bond motifs is 1. The highest BCUT2D eigenvalue weighted by atomic mass is 35.5. The lowest BCUT2D eigenvalue weighted by Crippen LogP contribution is -2.14. The molecule has 1 aliphatic rings. The maximum Gasteiger partial charge on any atom is 0.231 e. The minimum Gasteiger partial charge on any atom is -0.454 e. The third kappa shape index (κ3) is 2.71. The second-order valence-corrected chi connectivity index (χ2v) is 5.09. The lowest BCUT2D eigenvalue weighted by atomic mass is 10.2. The fourth-order valence-electron chi connectivity index (χ4n) is 2.15. The molecule has 0 saturated carbocycles. The van der Waals surface area contributed by atoms with Gasteiger partial charge in [-0.2, -0.15) is 0 Å². The quantitative estimate of drug-likeness (QED) is 0.940. The van der Waals surface area contributed by atoms with Crippen molar-refractivity contribution in [2.45, 2.75) is 20.0 Å². The number of rotatable bonds is 4. The van der Waals surface area contributed by atoms with Crippen LogP contribution in [-0.2, 0) is 13.1 Å². The molecule has 1 N–H and O–H groups in total. The summed E-state index contributed by atoms with van der Waals surface area (Å²) in [6.45, 7) is 3.71. The summed E-state index contributed by atoms with van der Waals surface area (Å²) < 4.78 is 10.6. The van der Waals surface area contributed by atoms with Crippen LogP contribution in [0, 0.1) is 6.92 Å². The third-order valence-electron chi connectivity index (χ3n) is 3.23. The first kappa shape index (κ1) is 13.2. The molecule has 0 bridgehead atoms. The number of aryl methyl sites for hydroxylation is 1. The van der Waals surface area contributed by atoms with Gasteiger partial charge in [-0.15, -0.1) is 0 Å². The van der Waals surface area contributed by atoms with Crippen molar-refractivity contribution >= 4 is 11.6 Å². The van der Waals surface area contributed by atoms with Crippen LogP contribution in [0.3, 0.4) is 0 Å². The van der Waals surface area contributed by atoms with E-state index in [1.54, 1.807) is 0 Å². The Hall–Kier alpha value is -1.78. The summed E-state index contributed by atoms with van der Waals surface area (Å²) in [7, 11) is 0. The summed E-state index contributed by atoms with van der Waals surface area (Å²) in [5.41, 5.74) is 3.30. The largest absolute Gasteiger partial charge is 0.454 e. The molecule has 0 fully saturated rings. The highest BCUT2D eigenvalue weighted by molar-refractivity contribution is 6.32. The zero-order chi connectivity index (χ0) is 13.9. The van der Waals surface area contributed by atoms with Crippen molar-refractivity contribution in [1.82, 2.24) is 10.3 Å². The number of aromatic nitrogens is 1. The Bertz CT molecular complexity index is 631. The van der Waals surface area contributed by atoms with Crippen LogP contribution in [0.4, 0.5) is 0 Å². The minimum absolute atomic E-state index is 0.235. The number of nitrogens with zero attached hydrogens (tertiary/aromatic N) is 1. The van der Waals surface area contributed by atoms with E-state index < -0.39 is 0 Å². The maximum atomic E-state index is 6.15. The summed E-state index contributed by atoms with van der Waals surface area (Å²) in [6.07, 6.45) is 1.81. The molecule has 1 aromatic carbocycles. The van der Waals surface area contributed by atoms with E-state index in [1.807, 2.05) is 24.4 Å². The number of hydrogen-bond acceptors (Lipinski definition) is 4. The molecule has 104 valence electrons. The molecule has 0 atom stereocenters. The number of pyridine rings is 1. The predicted octanol–water partition coefficient (Wildman–Crippen LogP) is 3.06. The number of ether oxygens (including phenoxy) is 2. The molecule has 2 heterocycles. The Morgan fingerprint density at radius 1 is 1.30 bits per heavy atom. The number of nitrogens with one attached hydrogen (secondary N) is 1. The molecule has 0 aliphatic carbocycles. The van der Waals surface area contributed by atoms with E-state index in [2.05, 4.69) is 23.3 Å². The van der Waals surface area contributed by atoms with E-state index in [4.69, 9.17) is 21.1 Å². The molecule has 3 rings (SSSR count). The van der Waals surface area contributed by atoms with E-state index in [0.29, 0.717) is 23.1 Å². The summed E-state index contributed by atoms with van der Waals surface area (Å²) >= 11 is 6.15. The number of benzene rings is 1. The van der Waals surface area contributed by atoms with Crippen LogP contribution in [0.1, 0.15) is 16.8 Å². The highest BCUT2D eigenvalue weighted by Gasteiger charge is 2.18. The van der Waals surface area contributed by atoms with Gasteiger partial charge in [-0.05, 0) is 36.2 Å². The van der Waals surface area contributed by atoms with E-state index >= 15 is 0 Å². The van der Waals surface area contributed by atoms with Crippen LogP contribution in [0.25, 0.3) is 0 Å². The van der Waals surface area contributed by atoms with E-state index in [-0.39, 0.29) is 6.79 Å².